The van der Waals surface area contributed by atoms with Gasteiger partial charge in [0, 0.05) is 18.0 Å². The summed E-state index contributed by atoms with van der Waals surface area (Å²) in [5.41, 5.74) is 1.54. The number of nitrogens with one attached hydrogen (secondary N) is 1. The molecule has 0 radical (unpaired) electrons. The molecule has 1 N–H and O–H groups in total. The van der Waals surface area contributed by atoms with Crippen LogP contribution in [0.15, 0.2) is 54.6 Å². The number of carbonyl (C=O) groups is 1. The highest BCUT2D eigenvalue weighted by molar-refractivity contribution is 6.07. The van der Waals surface area contributed by atoms with Crippen molar-refractivity contribution < 1.29 is 18.3 Å². The van der Waals surface area contributed by atoms with Gasteiger partial charge in [-0.3, -0.25) is 4.79 Å². The lowest BCUT2D eigenvalue weighted by atomic mass is 10.2. The Balaban J connectivity index is 1.91. The molecule has 118 valence electrons. The number of rotatable bonds is 4. The molecule has 3 rings (SSSR count). The van der Waals surface area contributed by atoms with E-state index >= 15 is 0 Å². The van der Waals surface area contributed by atoms with Gasteiger partial charge in [-0.15, -0.1) is 0 Å². The number of nitrogens with zero attached hydrogens (tertiary/aromatic N) is 1. The van der Waals surface area contributed by atoms with Gasteiger partial charge < -0.3 is 14.6 Å². The number of amides is 1. The van der Waals surface area contributed by atoms with Crippen LogP contribution in [0.2, 0.25) is 0 Å². The van der Waals surface area contributed by atoms with Crippen LogP contribution >= 0.6 is 0 Å². The number of alkyl halides is 2. The normalized spacial score (nSPS) is 11.0. The molecule has 0 unspecified atom stereocenters. The van der Waals surface area contributed by atoms with E-state index in [2.05, 4.69) is 10.1 Å². The van der Waals surface area contributed by atoms with Crippen LogP contribution in [-0.2, 0) is 7.05 Å². The van der Waals surface area contributed by atoms with E-state index in [1.165, 1.54) is 12.1 Å². The molecule has 0 atom stereocenters. The number of fused-ring (bicyclic) bond motifs is 1. The second kappa shape index (κ2) is 6.08. The van der Waals surface area contributed by atoms with Crippen molar-refractivity contribution in [3.63, 3.8) is 0 Å². The Bertz CT molecular complexity index is 859. The maximum atomic E-state index is 12.5. The van der Waals surface area contributed by atoms with Gasteiger partial charge in [-0.05, 0) is 24.3 Å². The molecule has 0 fully saturated rings. The average molecular weight is 316 g/mol. The first-order chi connectivity index (χ1) is 11.1. The fourth-order valence-corrected chi connectivity index (χ4v) is 2.46. The Kier molecular flexibility index (Phi) is 3.97. The number of anilines is 1. The maximum absolute atomic E-state index is 12.5. The summed E-state index contributed by atoms with van der Waals surface area (Å²) < 4.78 is 31.0. The minimum Gasteiger partial charge on any atom is -0.433 e. The van der Waals surface area contributed by atoms with Gasteiger partial charge in [-0.25, -0.2) is 0 Å². The Hall–Kier alpha value is -2.89. The molecule has 0 aliphatic carbocycles. The van der Waals surface area contributed by atoms with Gasteiger partial charge in [-0.2, -0.15) is 8.78 Å². The molecule has 0 saturated heterocycles. The molecule has 3 aromatic rings. The van der Waals surface area contributed by atoms with Crippen LogP contribution in [0.25, 0.3) is 10.9 Å². The number of aryl methyl sites for hydroxylation is 1. The van der Waals surface area contributed by atoms with Crippen LogP contribution in [0.4, 0.5) is 14.5 Å². The third-order valence-electron chi connectivity index (χ3n) is 3.54. The third-order valence-corrected chi connectivity index (χ3v) is 3.54. The van der Waals surface area contributed by atoms with Crippen LogP contribution in [0.1, 0.15) is 10.5 Å². The van der Waals surface area contributed by atoms with Gasteiger partial charge in [0.25, 0.3) is 5.91 Å². The molecule has 4 nitrogen and oxygen atoms in total. The molecule has 1 amide bonds. The minimum absolute atomic E-state index is 0.0744. The van der Waals surface area contributed by atoms with Crippen molar-refractivity contribution >= 4 is 22.5 Å². The summed E-state index contributed by atoms with van der Waals surface area (Å²) in [4.78, 5) is 12.5. The van der Waals surface area contributed by atoms with Gasteiger partial charge in [0.05, 0.1) is 5.69 Å². The number of hydrogen-bond donors (Lipinski definition) is 1. The van der Waals surface area contributed by atoms with E-state index in [1.54, 1.807) is 29.8 Å². The standard InChI is InChI=1S/C17H14F2N2O2/c1-21-13-8-4-2-6-11(13)10-14(21)16(22)20-12-7-3-5-9-15(12)23-17(18)19/h2-10,17H,1H3,(H,20,22). The number of carbonyl (C=O) groups excluding carboxylic acids is 1. The van der Waals surface area contributed by atoms with E-state index in [0.717, 1.165) is 10.9 Å². The number of hydrogen-bond acceptors (Lipinski definition) is 2. The molecule has 23 heavy (non-hydrogen) atoms. The zero-order valence-corrected chi connectivity index (χ0v) is 12.3. The van der Waals surface area contributed by atoms with Gasteiger partial charge >= 0.3 is 6.61 Å². The van der Waals surface area contributed by atoms with Crippen LogP contribution in [-0.4, -0.2) is 17.1 Å². The SMILES string of the molecule is Cn1c(C(=O)Nc2ccccc2OC(F)F)cc2ccccc21. The summed E-state index contributed by atoms with van der Waals surface area (Å²) in [6, 6.07) is 15.4. The zero-order chi connectivity index (χ0) is 16.4. The van der Waals surface area contributed by atoms with Crippen molar-refractivity contribution in [2.24, 2.45) is 7.05 Å². The van der Waals surface area contributed by atoms with Gasteiger partial charge in [0.1, 0.15) is 11.4 Å². The quantitative estimate of drug-likeness (QED) is 0.789. The van der Waals surface area contributed by atoms with Crippen LogP contribution < -0.4 is 10.1 Å². The fourth-order valence-electron chi connectivity index (χ4n) is 2.46. The van der Waals surface area contributed by atoms with E-state index in [9.17, 15) is 13.6 Å². The Labute approximate surface area is 131 Å². The summed E-state index contributed by atoms with van der Waals surface area (Å²) in [5.74, 6) is -0.469. The maximum Gasteiger partial charge on any atom is 0.387 e. The molecule has 1 heterocycles. The van der Waals surface area contributed by atoms with Crippen molar-refractivity contribution in [2.45, 2.75) is 6.61 Å². The van der Waals surface area contributed by atoms with Gasteiger partial charge in [0.15, 0.2) is 0 Å². The predicted molar refractivity (Wildman–Crippen MR) is 83.9 cm³/mol. The van der Waals surface area contributed by atoms with Crippen LogP contribution in [0.3, 0.4) is 0 Å². The van der Waals surface area contributed by atoms with Gasteiger partial charge in [-0.1, -0.05) is 30.3 Å². The van der Waals surface area contributed by atoms with E-state index in [1.807, 2.05) is 24.3 Å². The Morgan fingerprint density at radius 2 is 1.83 bits per heavy atom. The lowest BCUT2D eigenvalue weighted by molar-refractivity contribution is -0.0493. The summed E-state index contributed by atoms with van der Waals surface area (Å²) in [6.45, 7) is -2.95. The molecule has 0 aliphatic rings. The smallest absolute Gasteiger partial charge is 0.387 e. The second-order valence-corrected chi connectivity index (χ2v) is 4.98. The van der Waals surface area contributed by atoms with Crippen molar-refractivity contribution in [3.8, 4) is 5.75 Å². The van der Waals surface area contributed by atoms with Crippen molar-refractivity contribution in [2.75, 3.05) is 5.32 Å². The average Bonchev–Trinajstić information content (AvgIpc) is 2.86. The van der Waals surface area contributed by atoms with Crippen molar-refractivity contribution in [1.82, 2.24) is 4.57 Å². The molecule has 0 bridgehead atoms. The number of aromatic nitrogens is 1. The largest absolute Gasteiger partial charge is 0.433 e. The zero-order valence-electron chi connectivity index (χ0n) is 12.3. The molecular weight excluding hydrogens is 302 g/mol. The van der Waals surface area contributed by atoms with E-state index in [0.29, 0.717) is 5.69 Å². The Morgan fingerprint density at radius 3 is 2.57 bits per heavy atom. The monoisotopic (exact) mass is 316 g/mol. The highest BCUT2D eigenvalue weighted by atomic mass is 19.3. The first-order valence-electron chi connectivity index (χ1n) is 6.96. The molecule has 1 aromatic heterocycles. The molecule has 0 spiro atoms. The molecule has 6 heteroatoms. The second-order valence-electron chi connectivity index (χ2n) is 4.98. The van der Waals surface area contributed by atoms with E-state index in [-0.39, 0.29) is 11.4 Å². The first kappa shape index (κ1) is 15.0. The van der Waals surface area contributed by atoms with Crippen LogP contribution in [0, 0.1) is 0 Å². The number of halogens is 2. The van der Waals surface area contributed by atoms with E-state index in [4.69, 9.17) is 0 Å². The minimum atomic E-state index is -2.95. The van der Waals surface area contributed by atoms with Gasteiger partial charge in [0.2, 0.25) is 0 Å². The number of ether oxygens (including phenoxy) is 1. The topological polar surface area (TPSA) is 43.3 Å². The van der Waals surface area contributed by atoms with Crippen molar-refractivity contribution in [1.29, 1.82) is 0 Å². The van der Waals surface area contributed by atoms with Crippen LogP contribution in [0.5, 0.6) is 5.75 Å². The van der Waals surface area contributed by atoms with Crippen molar-refractivity contribution in [3.05, 3.63) is 60.3 Å². The molecule has 0 aliphatic heterocycles. The fraction of sp³-hybridized carbons (Fsp3) is 0.118. The highest BCUT2D eigenvalue weighted by Crippen LogP contribution is 2.27. The number of para-hydroxylation sites is 3. The molecular formula is C17H14F2N2O2. The highest BCUT2D eigenvalue weighted by Gasteiger charge is 2.16. The molecule has 2 aromatic carbocycles. The lowest BCUT2D eigenvalue weighted by Gasteiger charge is -2.12. The summed E-state index contributed by atoms with van der Waals surface area (Å²) >= 11 is 0. The van der Waals surface area contributed by atoms with E-state index < -0.39 is 12.5 Å². The Morgan fingerprint density at radius 1 is 1.13 bits per heavy atom. The summed E-state index contributed by atoms with van der Waals surface area (Å²) in [5, 5.41) is 3.54. The predicted octanol–water partition coefficient (Wildman–Crippen LogP) is 4.03. The lowest BCUT2D eigenvalue weighted by Crippen LogP contribution is -2.16. The first-order valence-corrected chi connectivity index (χ1v) is 6.96. The molecule has 0 saturated carbocycles. The summed E-state index contributed by atoms with van der Waals surface area (Å²) in [6.07, 6.45) is 0. The third kappa shape index (κ3) is 3.01. The summed E-state index contributed by atoms with van der Waals surface area (Å²) in [7, 11) is 1.78. The number of benzene rings is 2.